The fourth-order valence-electron chi connectivity index (χ4n) is 4.38. The third-order valence-corrected chi connectivity index (χ3v) is 5.35. The minimum Gasteiger partial charge on any atom is -0.370 e. The molecule has 1 unspecified atom stereocenters. The zero-order valence-electron chi connectivity index (χ0n) is 13.4. The predicted molar refractivity (Wildman–Crippen MR) is 91.1 cm³/mol. The zero-order chi connectivity index (χ0) is 15.0. The third kappa shape index (κ3) is 2.11. The van der Waals surface area contributed by atoms with Crippen molar-refractivity contribution in [2.75, 3.05) is 6.61 Å². The van der Waals surface area contributed by atoms with Crippen LogP contribution in [0.5, 0.6) is 0 Å². The summed E-state index contributed by atoms with van der Waals surface area (Å²) in [6.45, 7) is 3.19. The Balaban J connectivity index is 1.84. The molecule has 4 rings (SSSR count). The molecule has 1 heteroatoms. The molecule has 0 N–H and O–H groups in total. The molecule has 1 saturated heterocycles. The van der Waals surface area contributed by atoms with Gasteiger partial charge >= 0.3 is 0 Å². The van der Waals surface area contributed by atoms with Gasteiger partial charge in [-0.3, -0.25) is 0 Å². The lowest BCUT2D eigenvalue weighted by atomic mass is 9.79. The van der Waals surface area contributed by atoms with Crippen LogP contribution in [-0.4, -0.2) is 6.61 Å². The van der Waals surface area contributed by atoms with Crippen molar-refractivity contribution in [2.24, 2.45) is 0 Å². The molecule has 1 fully saturated rings. The molecule has 2 aromatic rings. The van der Waals surface area contributed by atoms with Crippen LogP contribution in [-0.2, 0) is 16.8 Å². The molecular formula is C21H24O. The molecule has 1 atom stereocenters. The van der Waals surface area contributed by atoms with E-state index in [1.165, 1.54) is 53.5 Å². The Morgan fingerprint density at radius 2 is 1.86 bits per heavy atom. The first-order valence-electron chi connectivity index (χ1n) is 8.69. The van der Waals surface area contributed by atoms with Gasteiger partial charge in [-0.05, 0) is 59.9 Å². The maximum atomic E-state index is 6.42. The number of benzene rings is 2. The molecule has 1 nitrogen and oxygen atoms in total. The van der Waals surface area contributed by atoms with Gasteiger partial charge in [0.1, 0.15) is 0 Å². The van der Waals surface area contributed by atoms with Crippen molar-refractivity contribution < 1.29 is 4.74 Å². The minimum atomic E-state index is -0.0413. The van der Waals surface area contributed by atoms with Crippen LogP contribution in [0.2, 0.25) is 0 Å². The van der Waals surface area contributed by atoms with Crippen LogP contribution in [0.3, 0.4) is 0 Å². The van der Waals surface area contributed by atoms with Crippen molar-refractivity contribution in [1.82, 2.24) is 0 Å². The van der Waals surface area contributed by atoms with E-state index in [-0.39, 0.29) is 5.60 Å². The van der Waals surface area contributed by atoms with Gasteiger partial charge in [-0.2, -0.15) is 0 Å². The monoisotopic (exact) mass is 292 g/mol. The first-order valence-corrected chi connectivity index (χ1v) is 8.69. The summed E-state index contributed by atoms with van der Waals surface area (Å²) in [6.07, 6.45) is 7.05. The first-order chi connectivity index (χ1) is 10.8. The fourth-order valence-corrected chi connectivity index (χ4v) is 4.38. The van der Waals surface area contributed by atoms with E-state index >= 15 is 0 Å². The van der Waals surface area contributed by atoms with E-state index in [4.69, 9.17) is 4.74 Å². The second-order valence-corrected chi connectivity index (χ2v) is 6.72. The molecule has 1 heterocycles. The molecule has 2 aliphatic rings. The van der Waals surface area contributed by atoms with Crippen LogP contribution < -0.4 is 0 Å². The van der Waals surface area contributed by atoms with Crippen LogP contribution in [0, 0.1) is 0 Å². The quantitative estimate of drug-likeness (QED) is 0.623. The van der Waals surface area contributed by atoms with Crippen LogP contribution in [0.1, 0.15) is 55.7 Å². The topological polar surface area (TPSA) is 9.23 Å². The van der Waals surface area contributed by atoms with Gasteiger partial charge < -0.3 is 4.74 Å². The Kier molecular flexibility index (Phi) is 3.54. The summed E-state index contributed by atoms with van der Waals surface area (Å²) in [6, 6.07) is 15.7. The smallest absolute Gasteiger partial charge is 0.0934 e. The highest BCUT2D eigenvalue weighted by atomic mass is 16.5. The van der Waals surface area contributed by atoms with Crippen LogP contribution >= 0.6 is 0 Å². The minimum absolute atomic E-state index is 0.0413. The van der Waals surface area contributed by atoms with Gasteiger partial charge in [-0.1, -0.05) is 55.8 Å². The van der Waals surface area contributed by atoms with Gasteiger partial charge in [0.15, 0.2) is 0 Å². The summed E-state index contributed by atoms with van der Waals surface area (Å²) < 4.78 is 6.42. The summed E-state index contributed by atoms with van der Waals surface area (Å²) >= 11 is 0. The lowest BCUT2D eigenvalue weighted by Crippen LogP contribution is -2.34. The average Bonchev–Trinajstić information content (AvgIpc) is 2.94. The largest absolute Gasteiger partial charge is 0.370 e. The van der Waals surface area contributed by atoms with Crippen LogP contribution in [0.25, 0.3) is 11.1 Å². The number of fused-ring (bicyclic) bond motifs is 3. The summed E-state index contributed by atoms with van der Waals surface area (Å²) in [4.78, 5) is 0. The molecule has 0 spiro atoms. The van der Waals surface area contributed by atoms with Crippen molar-refractivity contribution in [3.63, 3.8) is 0 Å². The summed E-state index contributed by atoms with van der Waals surface area (Å²) in [5.41, 5.74) is 7.24. The highest BCUT2D eigenvalue weighted by Crippen LogP contribution is 2.46. The molecule has 2 aromatic carbocycles. The van der Waals surface area contributed by atoms with Crippen LogP contribution in [0.15, 0.2) is 42.5 Å². The Bertz CT molecular complexity index is 675. The number of rotatable bonds is 3. The molecule has 0 radical (unpaired) electrons. The Hall–Kier alpha value is -1.60. The molecule has 1 aliphatic carbocycles. The van der Waals surface area contributed by atoms with E-state index in [0.29, 0.717) is 0 Å². The highest BCUT2D eigenvalue weighted by molar-refractivity contribution is 5.78. The van der Waals surface area contributed by atoms with E-state index < -0.39 is 0 Å². The first kappa shape index (κ1) is 14.0. The molecule has 0 saturated carbocycles. The molecule has 0 bridgehead atoms. The second-order valence-electron chi connectivity index (χ2n) is 6.72. The Labute approximate surface area is 133 Å². The SMILES string of the molecule is CCCC1(c2cccc3c2Cc2ccccc2-3)CCCCO1. The molecule has 114 valence electrons. The average molecular weight is 292 g/mol. The van der Waals surface area contributed by atoms with Crippen molar-refractivity contribution in [2.45, 2.75) is 51.0 Å². The van der Waals surface area contributed by atoms with Gasteiger partial charge in [0.2, 0.25) is 0 Å². The number of ether oxygens (including phenoxy) is 1. The lowest BCUT2D eigenvalue weighted by molar-refractivity contribution is -0.0902. The van der Waals surface area contributed by atoms with E-state index in [0.717, 1.165) is 19.4 Å². The van der Waals surface area contributed by atoms with Gasteiger partial charge in [0, 0.05) is 6.61 Å². The van der Waals surface area contributed by atoms with Crippen molar-refractivity contribution in [3.05, 3.63) is 59.2 Å². The maximum absolute atomic E-state index is 6.42. The molecule has 0 aromatic heterocycles. The second kappa shape index (κ2) is 5.55. The van der Waals surface area contributed by atoms with E-state index in [1.807, 2.05) is 0 Å². The summed E-state index contributed by atoms with van der Waals surface area (Å²) in [7, 11) is 0. The third-order valence-electron chi connectivity index (χ3n) is 5.35. The molecule has 22 heavy (non-hydrogen) atoms. The molecular weight excluding hydrogens is 268 g/mol. The maximum Gasteiger partial charge on any atom is 0.0934 e. The Morgan fingerprint density at radius 3 is 2.68 bits per heavy atom. The van der Waals surface area contributed by atoms with E-state index in [1.54, 1.807) is 0 Å². The number of hydrogen-bond donors (Lipinski definition) is 0. The van der Waals surface area contributed by atoms with Crippen molar-refractivity contribution >= 4 is 0 Å². The molecule has 0 amide bonds. The van der Waals surface area contributed by atoms with Gasteiger partial charge in [0.25, 0.3) is 0 Å². The van der Waals surface area contributed by atoms with E-state index in [2.05, 4.69) is 49.4 Å². The summed E-state index contributed by atoms with van der Waals surface area (Å²) in [5.74, 6) is 0. The molecule has 1 aliphatic heterocycles. The Morgan fingerprint density at radius 1 is 1.00 bits per heavy atom. The normalized spacial score (nSPS) is 23.1. The van der Waals surface area contributed by atoms with Gasteiger partial charge in [0.05, 0.1) is 5.60 Å². The van der Waals surface area contributed by atoms with Crippen molar-refractivity contribution in [3.8, 4) is 11.1 Å². The predicted octanol–water partition coefficient (Wildman–Crippen LogP) is 5.45. The highest BCUT2D eigenvalue weighted by Gasteiger charge is 2.37. The zero-order valence-corrected chi connectivity index (χ0v) is 13.4. The lowest BCUT2D eigenvalue weighted by Gasteiger charge is -2.39. The van der Waals surface area contributed by atoms with Gasteiger partial charge in [-0.25, -0.2) is 0 Å². The number of hydrogen-bond acceptors (Lipinski definition) is 1. The van der Waals surface area contributed by atoms with E-state index in [9.17, 15) is 0 Å². The van der Waals surface area contributed by atoms with Crippen LogP contribution in [0.4, 0.5) is 0 Å². The summed E-state index contributed by atoms with van der Waals surface area (Å²) in [5, 5.41) is 0. The van der Waals surface area contributed by atoms with Gasteiger partial charge in [-0.15, -0.1) is 0 Å². The standard InChI is InChI=1S/C21H24O/c1-2-12-21(13-5-6-14-22-21)20-11-7-10-18-17-9-4-3-8-16(17)15-19(18)20/h3-4,7-11H,2,5-6,12-15H2,1H3. The van der Waals surface area contributed by atoms with Crippen molar-refractivity contribution in [1.29, 1.82) is 0 Å². The fraction of sp³-hybridized carbons (Fsp3) is 0.429.